The quantitative estimate of drug-likeness (QED) is 0.106. The Hall–Kier alpha value is -5.80. The smallest absolute Gasteiger partial charge is 0.272 e. The minimum Gasteiger partial charge on any atom is -0.493 e. The van der Waals surface area contributed by atoms with Gasteiger partial charge in [-0.15, -0.1) is 11.8 Å². The van der Waals surface area contributed by atoms with E-state index in [4.69, 9.17) is 9.47 Å². The number of nitrogens with zero attached hydrogens (tertiary/aromatic N) is 1. The number of aromatic nitrogens is 1. The van der Waals surface area contributed by atoms with E-state index in [1.807, 2.05) is 78.2 Å². The lowest BCUT2D eigenvalue weighted by Crippen LogP contribution is -2.30. The van der Waals surface area contributed by atoms with Crippen molar-refractivity contribution in [1.82, 2.24) is 9.88 Å². The van der Waals surface area contributed by atoms with Gasteiger partial charge in [-0.25, -0.2) is 0 Å². The predicted molar refractivity (Wildman–Crippen MR) is 197 cm³/mol. The van der Waals surface area contributed by atoms with Crippen LogP contribution in [0.1, 0.15) is 34.1 Å². The number of nitrogens with one attached hydrogen (secondary N) is 2. The third-order valence-electron chi connectivity index (χ3n) is 8.10. The molecular weight excluding hydrogens is 635 g/mol. The molecule has 0 saturated heterocycles. The summed E-state index contributed by atoms with van der Waals surface area (Å²) < 4.78 is 12.8. The molecule has 0 radical (unpaired) electrons. The van der Waals surface area contributed by atoms with Gasteiger partial charge in [0.15, 0.2) is 11.5 Å². The molecule has 1 atom stereocenters. The van der Waals surface area contributed by atoms with Gasteiger partial charge in [-0.1, -0.05) is 73.7 Å². The third-order valence-corrected chi connectivity index (χ3v) is 9.46. The zero-order valence-electron chi connectivity index (χ0n) is 27.3. The van der Waals surface area contributed by atoms with Crippen LogP contribution in [-0.2, 0) is 4.79 Å². The minimum atomic E-state index is -0.525. The van der Waals surface area contributed by atoms with E-state index in [2.05, 4.69) is 10.6 Å². The number of hydrogen-bond acceptors (Lipinski definition) is 6. The van der Waals surface area contributed by atoms with Gasteiger partial charge in [-0.2, -0.15) is 0 Å². The monoisotopic (exact) mass is 669 g/mol. The first-order valence-electron chi connectivity index (χ1n) is 15.8. The molecule has 0 saturated carbocycles. The molecule has 0 bridgehead atoms. The van der Waals surface area contributed by atoms with Crippen LogP contribution in [0, 0.1) is 0 Å². The zero-order chi connectivity index (χ0) is 34.3. The number of anilines is 1. The summed E-state index contributed by atoms with van der Waals surface area (Å²) in [6, 6.07) is 37.2. The van der Waals surface area contributed by atoms with Crippen molar-refractivity contribution in [2.45, 2.75) is 23.5 Å². The standard InChI is InChI=1S/C40H35N3O5S/c1-4-36(40(46)43-33-18-10-8-16-30(33)31-17-9-11-19-34(31)43)49-29-23-21-28(22-24-29)41-39(45)32(42-38(44)26-13-6-5-7-14-26)25-27-15-12-20-35(47-2)37(27)48-3/h5-25,36H,4H2,1-3H3,(H,41,45)(H,42,44)/b32-25-. The molecule has 0 aliphatic heterocycles. The lowest BCUT2D eigenvalue weighted by molar-refractivity contribution is -0.113. The molecule has 1 aromatic heterocycles. The first kappa shape index (κ1) is 33.1. The van der Waals surface area contributed by atoms with Gasteiger partial charge in [0.25, 0.3) is 11.8 Å². The van der Waals surface area contributed by atoms with Crippen LogP contribution in [0.3, 0.4) is 0 Å². The van der Waals surface area contributed by atoms with Crippen LogP contribution >= 0.6 is 11.8 Å². The number of para-hydroxylation sites is 3. The van der Waals surface area contributed by atoms with E-state index < -0.39 is 11.8 Å². The van der Waals surface area contributed by atoms with Gasteiger partial charge in [-0.05, 0) is 67.1 Å². The highest BCUT2D eigenvalue weighted by Gasteiger charge is 2.24. The third kappa shape index (κ3) is 7.07. The summed E-state index contributed by atoms with van der Waals surface area (Å²) in [7, 11) is 3.04. The number of rotatable bonds is 11. The molecule has 1 heterocycles. The lowest BCUT2D eigenvalue weighted by Gasteiger charge is -2.16. The van der Waals surface area contributed by atoms with E-state index >= 15 is 0 Å². The molecule has 2 amide bonds. The maximum absolute atomic E-state index is 14.0. The van der Waals surface area contributed by atoms with Crippen molar-refractivity contribution in [3.63, 3.8) is 0 Å². The predicted octanol–water partition coefficient (Wildman–Crippen LogP) is 8.43. The first-order valence-corrected chi connectivity index (χ1v) is 16.7. The molecule has 1 unspecified atom stereocenters. The second-order valence-electron chi connectivity index (χ2n) is 11.2. The number of thioether (sulfide) groups is 1. The van der Waals surface area contributed by atoms with E-state index in [-0.39, 0.29) is 16.9 Å². The van der Waals surface area contributed by atoms with E-state index in [9.17, 15) is 14.4 Å². The van der Waals surface area contributed by atoms with E-state index in [0.29, 0.717) is 34.7 Å². The topological polar surface area (TPSA) is 98.7 Å². The molecule has 0 spiro atoms. The summed E-state index contributed by atoms with van der Waals surface area (Å²) in [6.07, 6.45) is 2.18. The van der Waals surface area contributed by atoms with Crippen LogP contribution in [0.5, 0.6) is 11.5 Å². The minimum absolute atomic E-state index is 0.0131. The number of fused-ring (bicyclic) bond motifs is 3. The summed E-state index contributed by atoms with van der Waals surface area (Å²) in [5, 5.41) is 7.41. The number of methoxy groups -OCH3 is 2. The summed E-state index contributed by atoms with van der Waals surface area (Å²) in [5.74, 6) is -0.0390. The molecule has 2 N–H and O–H groups in total. The van der Waals surface area contributed by atoms with Gasteiger partial charge in [0.05, 0.1) is 30.5 Å². The van der Waals surface area contributed by atoms with Gasteiger partial charge >= 0.3 is 0 Å². The van der Waals surface area contributed by atoms with Crippen LogP contribution in [0.2, 0.25) is 0 Å². The molecule has 0 fully saturated rings. The molecular formula is C40H35N3O5S. The molecule has 5 aromatic carbocycles. The largest absolute Gasteiger partial charge is 0.493 e. The lowest BCUT2D eigenvalue weighted by atomic mass is 10.1. The summed E-state index contributed by atoms with van der Waals surface area (Å²) >= 11 is 1.48. The summed E-state index contributed by atoms with van der Waals surface area (Å²) in [6.45, 7) is 2.01. The van der Waals surface area contributed by atoms with Gasteiger partial charge < -0.3 is 20.1 Å². The highest BCUT2D eigenvalue weighted by Crippen LogP contribution is 2.34. The highest BCUT2D eigenvalue weighted by atomic mass is 32.2. The highest BCUT2D eigenvalue weighted by molar-refractivity contribution is 8.00. The van der Waals surface area contributed by atoms with Gasteiger partial charge in [0.2, 0.25) is 5.91 Å². The Bertz CT molecular complexity index is 2120. The van der Waals surface area contributed by atoms with Crippen LogP contribution in [0.25, 0.3) is 27.9 Å². The molecule has 6 aromatic rings. The van der Waals surface area contributed by atoms with Gasteiger partial charge in [0, 0.05) is 32.5 Å². The molecule has 6 rings (SSSR count). The Morgan fingerprint density at radius 2 is 1.39 bits per heavy atom. The van der Waals surface area contributed by atoms with Crippen LogP contribution in [0.4, 0.5) is 5.69 Å². The Morgan fingerprint density at radius 1 is 0.755 bits per heavy atom. The Labute approximate surface area is 288 Å². The maximum Gasteiger partial charge on any atom is 0.272 e. The van der Waals surface area contributed by atoms with Gasteiger partial charge in [-0.3, -0.25) is 19.0 Å². The number of carbonyl (C=O) groups is 3. The Kier molecular flexibility index (Phi) is 10.1. The van der Waals surface area contributed by atoms with Crippen molar-refractivity contribution in [3.05, 3.63) is 138 Å². The summed E-state index contributed by atoms with van der Waals surface area (Å²) in [5.41, 5.74) is 3.27. The van der Waals surface area contributed by atoms with Gasteiger partial charge in [0.1, 0.15) is 5.70 Å². The van der Waals surface area contributed by atoms with E-state index in [0.717, 1.165) is 26.7 Å². The second-order valence-corrected chi connectivity index (χ2v) is 12.4. The zero-order valence-corrected chi connectivity index (χ0v) is 28.1. The van der Waals surface area contributed by atoms with Crippen LogP contribution in [-0.4, -0.2) is 41.8 Å². The number of carbonyl (C=O) groups excluding carboxylic acids is 3. The fraction of sp³-hybridized carbons (Fsp3) is 0.125. The molecule has 246 valence electrons. The summed E-state index contributed by atoms with van der Waals surface area (Å²) in [4.78, 5) is 41.7. The van der Waals surface area contributed by atoms with Crippen molar-refractivity contribution in [2.24, 2.45) is 0 Å². The molecule has 8 nitrogen and oxygen atoms in total. The van der Waals surface area contributed by atoms with Crippen LogP contribution in [0.15, 0.2) is 132 Å². The number of hydrogen-bond donors (Lipinski definition) is 2. The fourth-order valence-corrected chi connectivity index (χ4v) is 6.71. The van der Waals surface area contributed by atoms with E-state index in [1.165, 1.54) is 26.0 Å². The SMILES string of the molecule is CCC(Sc1ccc(NC(=O)/C(=C/c2cccc(OC)c2OC)NC(=O)c2ccccc2)cc1)C(=O)n1c2ccccc2c2ccccc21. The van der Waals surface area contributed by atoms with Crippen LogP contribution < -0.4 is 20.1 Å². The maximum atomic E-state index is 14.0. The van der Waals surface area contributed by atoms with Crippen molar-refractivity contribution in [3.8, 4) is 11.5 Å². The van der Waals surface area contributed by atoms with Crippen molar-refractivity contribution < 1.29 is 23.9 Å². The molecule has 9 heteroatoms. The van der Waals surface area contributed by atoms with Crippen molar-refractivity contribution in [2.75, 3.05) is 19.5 Å². The fourth-order valence-electron chi connectivity index (χ4n) is 5.72. The average molecular weight is 670 g/mol. The normalized spacial score (nSPS) is 12.0. The average Bonchev–Trinajstić information content (AvgIpc) is 3.48. The van der Waals surface area contributed by atoms with E-state index in [1.54, 1.807) is 60.7 Å². The number of amides is 2. The van der Waals surface area contributed by atoms with Crippen molar-refractivity contribution in [1.29, 1.82) is 0 Å². The molecule has 49 heavy (non-hydrogen) atoms. The first-order chi connectivity index (χ1) is 23.9. The number of ether oxygens (including phenoxy) is 2. The van der Waals surface area contributed by atoms with Crippen molar-refractivity contribution >= 4 is 63.1 Å². The second kappa shape index (κ2) is 15.0. The Balaban J connectivity index is 1.23. The molecule has 0 aliphatic carbocycles. The Morgan fingerprint density at radius 3 is 2.00 bits per heavy atom. The molecule has 0 aliphatic rings. The number of benzene rings is 5.